The Morgan fingerprint density at radius 2 is 2.08 bits per heavy atom. The summed E-state index contributed by atoms with van der Waals surface area (Å²) in [6.45, 7) is 3.11. The van der Waals surface area contributed by atoms with Gasteiger partial charge in [0.2, 0.25) is 5.88 Å². The van der Waals surface area contributed by atoms with Crippen molar-refractivity contribution in [2.24, 2.45) is 0 Å². The van der Waals surface area contributed by atoms with Crippen LogP contribution in [-0.2, 0) is 19.4 Å². The van der Waals surface area contributed by atoms with Crippen molar-refractivity contribution < 1.29 is 4.74 Å². The molecule has 2 aliphatic rings. The van der Waals surface area contributed by atoms with Gasteiger partial charge in [0.05, 0.1) is 19.3 Å². The molecule has 0 radical (unpaired) electrons. The number of fused-ring (bicyclic) bond motifs is 2. The van der Waals surface area contributed by atoms with Crippen LogP contribution in [0.4, 0.5) is 0 Å². The maximum absolute atomic E-state index is 5.24. The van der Waals surface area contributed by atoms with E-state index in [0.29, 0.717) is 11.8 Å². The van der Waals surface area contributed by atoms with E-state index in [2.05, 4.69) is 20.2 Å². The second-order valence-electron chi connectivity index (χ2n) is 7.09. The Hall–Kier alpha value is -2.06. The van der Waals surface area contributed by atoms with Crippen LogP contribution in [-0.4, -0.2) is 49.9 Å². The standard InChI is InChI=1S/C18H22N6OS/c1-25-16-6-5-15-20-21-18(24(15)22-16)12-7-9-23(10-8-12)11-17-19-13-3-2-4-14(13)26-17/h5-6,12H,2-4,7-11H2,1H3. The molecule has 0 saturated carbocycles. The monoisotopic (exact) mass is 370 g/mol. The Morgan fingerprint density at radius 1 is 1.19 bits per heavy atom. The van der Waals surface area contributed by atoms with Crippen molar-refractivity contribution in [3.8, 4) is 5.88 Å². The molecule has 0 spiro atoms. The molecule has 0 unspecified atom stereocenters. The Balaban J connectivity index is 1.26. The van der Waals surface area contributed by atoms with E-state index in [4.69, 9.17) is 9.72 Å². The van der Waals surface area contributed by atoms with Crippen LogP contribution in [0.3, 0.4) is 0 Å². The molecule has 7 nitrogen and oxygen atoms in total. The average Bonchev–Trinajstić information content (AvgIpc) is 3.36. The van der Waals surface area contributed by atoms with Gasteiger partial charge in [-0.1, -0.05) is 0 Å². The largest absolute Gasteiger partial charge is 0.480 e. The molecular formula is C18H22N6OS. The number of aryl methyl sites for hydroxylation is 2. The lowest BCUT2D eigenvalue weighted by Crippen LogP contribution is -2.33. The van der Waals surface area contributed by atoms with E-state index in [1.165, 1.54) is 34.8 Å². The predicted octanol–water partition coefficient (Wildman–Crippen LogP) is 2.46. The minimum absolute atomic E-state index is 0.391. The van der Waals surface area contributed by atoms with Crippen molar-refractivity contribution in [3.05, 3.63) is 33.5 Å². The maximum Gasteiger partial charge on any atom is 0.231 e. The number of piperidine rings is 1. The van der Waals surface area contributed by atoms with Gasteiger partial charge in [0, 0.05) is 16.9 Å². The van der Waals surface area contributed by atoms with Crippen LogP contribution in [0.15, 0.2) is 12.1 Å². The first-order valence-corrected chi connectivity index (χ1v) is 10.1. The Kier molecular flexibility index (Phi) is 4.09. The van der Waals surface area contributed by atoms with Gasteiger partial charge < -0.3 is 4.74 Å². The second-order valence-corrected chi connectivity index (χ2v) is 8.25. The van der Waals surface area contributed by atoms with Crippen LogP contribution in [0, 0.1) is 0 Å². The molecule has 0 aromatic carbocycles. The van der Waals surface area contributed by atoms with E-state index in [1.807, 2.05) is 28.0 Å². The van der Waals surface area contributed by atoms with Gasteiger partial charge in [0.25, 0.3) is 0 Å². The number of aromatic nitrogens is 5. The fourth-order valence-corrected chi connectivity index (χ4v) is 5.20. The molecule has 4 heterocycles. The van der Waals surface area contributed by atoms with Crippen LogP contribution >= 0.6 is 11.3 Å². The minimum Gasteiger partial charge on any atom is -0.480 e. The summed E-state index contributed by atoms with van der Waals surface area (Å²) in [6, 6.07) is 3.72. The fourth-order valence-electron chi connectivity index (χ4n) is 4.00. The summed E-state index contributed by atoms with van der Waals surface area (Å²) >= 11 is 1.92. The normalized spacial score (nSPS) is 18.5. The van der Waals surface area contributed by atoms with E-state index in [0.717, 1.165) is 43.9 Å². The molecule has 136 valence electrons. The highest BCUT2D eigenvalue weighted by molar-refractivity contribution is 7.11. The van der Waals surface area contributed by atoms with E-state index < -0.39 is 0 Å². The van der Waals surface area contributed by atoms with Crippen LogP contribution in [0.1, 0.15) is 46.6 Å². The molecule has 1 aliphatic carbocycles. The van der Waals surface area contributed by atoms with E-state index in [1.54, 1.807) is 7.11 Å². The van der Waals surface area contributed by atoms with Crippen molar-refractivity contribution in [1.82, 2.24) is 29.7 Å². The number of hydrogen-bond donors (Lipinski definition) is 0. The lowest BCUT2D eigenvalue weighted by molar-refractivity contribution is 0.200. The third kappa shape index (κ3) is 2.87. The summed E-state index contributed by atoms with van der Waals surface area (Å²) in [6.07, 6.45) is 5.83. The number of ether oxygens (including phenoxy) is 1. The first-order chi connectivity index (χ1) is 12.8. The molecule has 0 bridgehead atoms. The van der Waals surface area contributed by atoms with Crippen LogP contribution in [0.25, 0.3) is 5.65 Å². The van der Waals surface area contributed by atoms with Crippen molar-refractivity contribution in [2.75, 3.05) is 20.2 Å². The quantitative estimate of drug-likeness (QED) is 0.703. The van der Waals surface area contributed by atoms with Gasteiger partial charge in [-0.05, 0) is 51.3 Å². The first-order valence-electron chi connectivity index (χ1n) is 9.26. The van der Waals surface area contributed by atoms with Crippen molar-refractivity contribution >= 4 is 17.0 Å². The molecular weight excluding hydrogens is 348 g/mol. The van der Waals surface area contributed by atoms with Crippen LogP contribution in [0.5, 0.6) is 5.88 Å². The highest BCUT2D eigenvalue weighted by Gasteiger charge is 2.26. The number of hydrogen-bond acceptors (Lipinski definition) is 7. The molecule has 8 heteroatoms. The highest BCUT2D eigenvalue weighted by atomic mass is 32.1. The SMILES string of the molecule is COc1ccc2nnc(C3CCN(Cc4nc5c(s4)CCC5)CC3)n2n1. The zero-order valence-electron chi connectivity index (χ0n) is 14.9. The smallest absolute Gasteiger partial charge is 0.231 e. The van der Waals surface area contributed by atoms with Gasteiger partial charge in [0.1, 0.15) is 5.01 Å². The summed E-state index contributed by atoms with van der Waals surface area (Å²) in [5, 5.41) is 14.4. The molecule has 0 atom stereocenters. The topological polar surface area (TPSA) is 68.4 Å². The molecule has 0 N–H and O–H groups in total. The molecule has 3 aromatic rings. The lowest BCUT2D eigenvalue weighted by Gasteiger charge is -2.30. The van der Waals surface area contributed by atoms with Gasteiger partial charge in [-0.2, -0.15) is 4.52 Å². The Bertz CT molecular complexity index is 906. The number of likely N-dealkylation sites (tertiary alicyclic amines) is 1. The Labute approximate surface area is 156 Å². The fraction of sp³-hybridized carbons (Fsp3) is 0.556. The number of methoxy groups -OCH3 is 1. The van der Waals surface area contributed by atoms with Crippen molar-refractivity contribution in [2.45, 2.75) is 44.6 Å². The molecule has 5 rings (SSSR count). The zero-order chi connectivity index (χ0) is 17.5. The number of rotatable bonds is 4. The van der Waals surface area contributed by atoms with Crippen LogP contribution < -0.4 is 4.74 Å². The predicted molar refractivity (Wildman–Crippen MR) is 98.7 cm³/mol. The maximum atomic E-state index is 5.24. The molecule has 1 saturated heterocycles. The molecule has 1 aliphatic heterocycles. The Morgan fingerprint density at radius 3 is 2.88 bits per heavy atom. The number of thiazole rings is 1. The molecule has 1 fully saturated rings. The summed E-state index contributed by atoms with van der Waals surface area (Å²) < 4.78 is 7.08. The van der Waals surface area contributed by atoms with Gasteiger partial charge in [-0.15, -0.1) is 26.6 Å². The molecule has 3 aromatic heterocycles. The third-order valence-electron chi connectivity index (χ3n) is 5.42. The molecule has 0 amide bonds. The summed E-state index contributed by atoms with van der Waals surface area (Å²) in [5.74, 6) is 1.93. The summed E-state index contributed by atoms with van der Waals surface area (Å²) in [5.41, 5.74) is 2.13. The van der Waals surface area contributed by atoms with E-state index in [9.17, 15) is 0 Å². The minimum atomic E-state index is 0.391. The summed E-state index contributed by atoms with van der Waals surface area (Å²) in [7, 11) is 1.63. The van der Waals surface area contributed by atoms with E-state index in [-0.39, 0.29) is 0 Å². The van der Waals surface area contributed by atoms with E-state index >= 15 is 0 Å². The molecule has 26 heavy (non-hydrogen) atoms. The zero-order valence-corrected chi connectivity index (χ0v) is 15.7. The highest BCUT2D eigenvalue weighted by Crippen LogP contribution is 2.31. The van der Waals surface area contributed by atoms with Gasteiger partial charge in [-0.25, -0.2) is 4.98 Å². The second kappa shape index (κ2) is 6.59. The van der Waals surface area contributed by atoms with Crippen molar-refractivity contribution in [3.63, 3.8) is 0 Å². The average molecular weight is 370 g/mol. The van der Waals surface area contributed by atoms with Gasteiger partial charge in [-0.3, -0.25) is 4.90 Å². The number of nitrogens with zero attached hydrogens (tertiary/aromatic N) is 6. The third-order valence-corrected chi connectivity index (χ3v) is 6.57. The van der Waals surface area contributed by atoms with Gasteiger partial charge in [0.15, 0.2) is 11.5 Å². The summed E-state index contributed by atoms with van der Waals surface area (Å²) in [4.78, 5) is 8.87. The van der Waals surface area contributed by atoms with Crippen molar-refractivity contribution in [1.29, 1.82) is 0 Å². The first kappa shape index (κ1) is 16.1. The van der Waals surface area contributed by atoms with Crippen LogP contribution in [0.2, 0.25) is 0 Å². The lowest BCUT2D eigenvalue weighted by atomic mass is 9.96. The van der Waals surface area contributed by atoms with Gasteiger partial charge >= 0.3 is 0 Å².